The highest BCUT2D eigenvalue weighted by atomic mass is 32.2. The number of aromatic nitrogens is 3. The van der Waals surface area contributed by atoms with Crippen LogP contribution < -0.4 is 10.9 Å². The number of thiazole rings is 1. The molecule has 3 heterocycles. The molecule has 0 aromatic carbocycles. The lowest BCUT2D eigenvalue weighted by Gasteiger charge is -2.08. The Kier molecular flexibility index (Phi) is 5.27. The highest BCUT2D eigenvalue weighted by Crippen LogP contribution is 2.20. The fourth-order valence-corrected chi connectivity index (χ4v) is 3.75. The Hall–Kier alpha value is -2.19. The number of hydrogen-bond acceptors (Lipinski definition) is 6. The normalized spacial score (nSPS) is 10.9. The van der Waals surface area contributed by atoms with E-state index in [1.807, 2.05) is 25.1 Å². The molecule has 0 saturated carbocycles. The second-order valence-electron chi connectivity index (χ2n) is 4.91. The lowest BCUT2D eigenvalue weighted by atomic mass is 10.2. The van der Waals surface area contributed by atoms with Gasteiger partial charge in [-0.2, -0.15) is 0 Å². The third kappa shape index (κ3) is 3.49. The first-order valence-electron chi connectivity index (χ1n) is 7.51. The van der Waals surface area contributed by atoms with Gasteiger partial charge in [0.2, 0.25) is 0 Å². The number of pyridine rings is 1. The van der Waals surface area contributed by atoms with Gasteiger partial charge in [0.15, 0.2) is 4.96 Å². The molecule has 0 aliphatic heterocycles. The third-order valence-electron chi connectivity index (χ3n) is 3.33. The maximum absolute atomic E-state index is 12.6. The van der Waals surface area contributed by atoms with E-state index in [-0.39, 0.29) is 17.0 Å². The Morgan fingerprint density at radius 3 is 3.04 bits per heavy atom. The van der Waals surface area contributed by atoms with Crippen molar-refractivity contribution in [3.8, 4) is 0 Å². The molecule has 0 radical (unpaired) electrons. The van der Waals surface area contributed by atoms with Crippen LogP contribution in [0.1, 0.15) is 23.0 Å². The average molecular weight is 360 g/mol. The van der Waals surface area contributed by atoms with Gasteiger partial charge in [-0.3, -0.25) is 19.0 Å². The predicted molar refractivity (Wildman–Crippen MR) is 96.0 cm³/mol. The highest BCUT2D eigenvalue weighted by Gasteiger charge is 2.20. The fraction of sp³-hybridized carbons (Fsp3) is 0.250. The van der Waals surface area contributed by atoms with Crippen LogP contribution in [0.2, 0.25) is 0 Å². The second kappa shape index (κ2) is 7.59. The van der Waals surface area contributed by atoms with Crippen molar-refractivity contribution in [2.75, 3.05) is 12.3 Å². The van der Waals surface area contributed by atoms with Gasteiger partial charge < -0.3 is 5.32 Å². The van der Waals surface area contributed by atoms with Crippen LogP contribution in [0.3, 0.4) is 0 Å². The van der Waals surface area contributed by atoms with Gasteiger partial charge >= 0.3 is 0 Å². The highest BCUT2D eigenvalue weighted by molar-refractivity contribution is 7.99. The van der Waals surface area contributed by atoms with Crippen molar-refractivity contribution in [2.24, 2.45) is 0 Å². The first kappa shape index (κ1) is 16.7. The average Bonchev–Trinajstić information content (AvgIpc) is 3.05. The van der Waals surface area contributed by atoms with Gasteiger partial charge in [0.1, 0.15) is 10.6 Å². The summed E-state index contributed by atoms with van der Waals surface area (Å²) >= 11 is 2.78. The zero-order chi connectivity index (χ0) is 16.9. The van der Waals surface area contributed by atoms with E-state index in [0.29, 0.717) is 23.0 Å². The summed E-state index contributed by atoms with van der Waals surface area (Å²) in [5.41, 5.74) is 0.676. The summed E-state index contributed by atoms with van der Waals surface area (Å²) in [4.78, 5) is 34.4. The van der Waals surface area contributed by atoms with Crippen LogP contribution in [0.5, 0.6) is 0 Å². The summed E-state index contributed by atoms with van der Waals surface area (Å²) in [6, 6.07) is 5.65. The van der Waals surface area contributed by atoms with Gasteiger partial charge in [-0.05, 0) is 17.9 Å². The molecule has 6 nitrogen and oxygen atoms in total. The number of hydrogen-bond donors (Lipinski definition) is 1. The van der Waals surface area contributed by atoms with Crippen LogP contribution in [-0.4, -0.2) is 32.6 Å². The lowest BCUT2D eigenvalue weighted by Crippen LogP contribution is -2.33. The Bertz CT molecular complexity index is 905. The summed E-state index contributed by atoms with van der Waals surface area (Å²) in [7, 11) is 0. The fourth-order valence-electron chi connectivity index (χ4n) is 2.24. The number of nitrogens with zero attached hydrogens (tertiary/aromatic N) is 3. The van der Waals surface area contributed by atoms with Gasteiger partial charge in [-0.15, -0.1) is 23.1 Å². The van der Waals surface area contributed by atoms with E-state index in [1.165, 1.54) is 27.5 Å². The van der Waals surface area contributed by atoms with Crippen molar-refractivity contribution in [2.45, 2.75) is 18.4 Å². The van der Waals surface area contributed by atoms with E-state index < -0.39 is 0 Å². The topological polar surface area (TPSA) is 76.4 Å². The van der Waals surface area contributed by atoms with Crippen LogP contribution >= 0.6 is 23.1 Å². The first-order chi connectivity index (χ1) is 11.7. The molecule has 0 fully saturated rings. The van der Waals surface area contributed by atoms with E-state index >= 15 is 0 Å². The van der Waals surface area contributed by atoms with Crippen molar-refractivity contribution in [3.05, 3.63) is 57.6 Å². The zero-order valence-corrected chi connectivity index (χ0v) is 14.7. The minimum atomic E-state index is -0.389. The number of rotatable bonds is 6. The van der Waals surface area contributed by atoms with Crippen LogP contribution in [0.25, 0.3) is 4.96 Å². The zero-order valence-electron chi connectivity index (χ0n) is 13.1. The molecule has 0 unspecified atom stereocenters. The number of thioether (sulfide) groups is 1. The third-order valence-corrected chi connectivity index (χ3v) is 4.95. The van der Waals surface area contributed by atoms with Gasteiger partial charge in [-0.25, -0.2) is 4.98 Å². The van der Waals surface area contributed by atoms with Crippen LogP contribution in [0.4, 0.5) is 0 Å². The molecule has 0 aliphatic rings. The van der Waals surface area contributed by atoms with Crippen molar-refractivity contribution < 1.29 is 4.79 Å². The summed E-state index contributed by atoms with van der Waals surface area (Å²) in [6.07, 6.45) is 3.96. The van der Waals surface area contributed by atoms with E-state index in [2.05, 4.69) is 15.3 Å². The molecule has 3 rings (SSSR count). The Balaban J connectivity index is 1.81. The second-order valence-corrected chi connectivity index (χ2v) is 7.04. The lowest BCUT2D eigenvalue weighted by molar-refractivity contribution is 0.0948. The Morgan fingerprint density at radius 1 is 1.42 bits per heavy atom. The summed E-state index contributed by atoms with van der Waals surface area (Å²) in [5.74, 6) is 0.349. The summed E-state index contributed by atoms with van der Waals surface area (Å²) < 4.78 is 1.41. The van der Waals surface area contributed by atoms with Gasteiger partial charge in [-0.1, -0.05) is 13.0 Å². The molecule has 124 valence electrons. The summed E-state index contributed by atoms with van der Waals surface area (Å²) in [5, 5.41) is 5.07. The first-order valence-corrected chi connectivity index (χ1v) is 9.38. The molecule has 1 N–H and O–H groups in total. The van der Waals surface area contributed by atoms with E-state index in [1.54, 1.807) is 17.8 Å². The molecule has 0 saturated heterocycles. The smallest absolute Gasteiger partial charge is 0.272 e. The monoisotopic (exact) mass is 360 g/mol. The van der Waals surface area contributed by atoms with E-state index in [4.69, 9.17) is 0 Å². The maximum Gasteiger partial charge on any atom is 0.272 e. The van der Waals surface area contributed by atoms with E-state index in [0.717, 1.165) is 11.4 Å². The Labute approximate surface area is 147 Å². The molecule has 24 heavy (non-hydrogen) atoms. The number of carbonyl (C=O) groups excluding carboxylic acids is 1. The minimum absolute atomic E-state index is 0.110. The number of fused-ring (bicyclic) bond motifs is 1. The molecule has 8 heteroatoms. The molecule has 3 aromatic rings. The van der Waals surface area contributed by atoms with Crippen molar-refractivity contribution >= 4 is 34.0 Å². The van der Waals surface area contributed by atoms with E-state index in [9.17, 15) is 9.59 Å². The molecular formula is C16H16N4O2S2. The minimum Gasteiger partial charge on any atom is -0.351 e. The van der Waals surface area contributed by atoms with Crippen molar-refractivity contribution in [1.82, 2.24) is 19.7 Å². The Morgan fingerprint density at radius 2 is 2.29 bits per heavy atom. The maximum atomic E-state index is 12.6. The quantitative estimate of drug-likeness (QED) is 0.539. The molecule has 0 aliphatic carbocycles. The molecule has 0 atom stereocenters. The van der Waals surface area contributed by atoms with Gasteiger partial charge in [0.05, 0.1) is 0 Å². The number of nitrogens with one attached hydrogen (secondary N) is 1. The van der Waals surface area contributed by atoms with Crippen LogP contribution in [0.15, 0.2) is 45.8 Å². The van der Waals surface area contributed by atoms with Crippen molar-refractivity contribution in [1.29, 1.82) is 0 Å². The van der Waals surface area contributed by atoms with Gasteiger partial charge in [0, 0.05) is 36.4 Å². The van der Waals surface area contributed by atoms with Crippen LogP contribution in [-0.2, 0) is 6.42 Å². The molecule has 1 amide bonds. The summed E-state index contributed by atoms with van der Waals surface area (Å²) in [6.45, 7) is 2.38. The standard InChI is InChI=1S/C16H16N4O2S2/c1-2-23-14-12(15(22)20-9-10-24-16(20)19-14)13(21)18-8-6-11-5-3-4-7-17-11/h3-5,7,9-10H,2,6,8H2,1H3,(H,18,21). The van der Waals surface area contributed by atoms with Gasteiger partial charge in [0.25, 0.3) is 11.5 Å². The number of amides is 1. The van der Waals surface area contributed by atoms with Crippen LogP contribution in [0, 0.1) is 0 Å². The molecular weight excluding hydrogens is 344 g/mol. The largest absolute Gasteiger partial charge is 0.351 e. The molecule has 3 aromatic heterocycles. The number of carbonyl (C=O) groups is 1. The molecule has 0 bridgehead atoms. The SMILES string of the molecule is CCSc1nc2sccn2c(=O)c1C(=O)NCCc1ccccn1. The molecule has 0 spiro atoms. The predicted octanol–water partition coefficient (Wildman–Crippen LogP) is 2.24. The van der Waals surface area contributed by atoms with Crippen molar-refractivity contribution in [3.63, 3.8) is 0 Å².